The first-order valence-corrected chi connectivity index (χ1v) is 6.47. The maximum atomic E-state index is 13.5. The highest BCUT2D eigenvalue weighted by Gasteiger charge is 2.21. The molecule has 1 saturated heterocycles. The van der Waals surface area contributed by atoms with Crippen LogP contribution in [-0.2, 0) is 0 Å². The number of ketones is 1. The summed E-state index contributed by atoms with van der Waals surface area (Å²) in [5.41, 5.74) is -0.0396. The van der Waals surface area contributed by atoms with Crippen LogP contribution < -0.4 is 5.32 Å². The van der Waals surface area contributed by atoms with E-state index in [1.165, 1.54) is 6.07 Å². The lowest BCUT2D eigenvalue weighted by atomic mass is 10.0. The lowest BCUT2D eigenvalue weighted by molar-refractivity contribution is 0.0899. The third-order valence-electron chi connectivity index (χ3n) is 3.56. The Morgan fingerprint density at radius 2 is 2.05 bits per heavy atom. The quantitative estimate of drug-likeness (QED) is 0.846. The normalized spacial score (nSPS) is 16.8. The molecule has 0 aliphatic carbocycles. The largest absolute Gasteiger partial charge is 0.317 e. The zero-order chi connectivity index (χ0) is 13.8. The van der Waals surface area contributed by atoms with Gasteiger partial charge < -0.3 is 5.32 Å². The second-order valence-electron chi connectivity index (χ2n) is 4.94. The summed E-state index contributed by atoms with van der Waals surface area (Å²) < 4.78 is 26.3. The van der Waals surface area contributed by atoms with Gasteiger partial charge in [-0.05, 0) is 45.1 Å². The van der Waals surface area contributed by atoms with Crippen LogP contribution in [0.1, 0.15) is 23.2 Å². The Morgan fingerprint density at radius 1 is 1.37 bits per heavy atom. The van der Waals surface area contributed by atoms with Gasteiger partial charge in [0.1, 0.15) is 11.6 Å². The fraction of sp³-hybridized carbons (Fsp3) is 0.500. The number of Topliss-reactive ketones (excluding diaryl/α,β-unsaturated/α-hetero) is 1. The van der Waals surface area contributed by atoms with Crippen LogP contribution in [0.3, 0.4) is 0 Å². The molecule has 0 saturated carbocycles. The van der Waals surface area contributed by atoms with Gasteiger partial charge in [0.05, 0.1) is 12.1 Å². The summed E-state index contributed by atoms with van der Waals surface area (Å²) in [6.45, 7) is 2.04. The molecule has 1 aliphatic rings. The van der Waals surface area contributed by atoms with Crippen molar-refractivity contribution in [1.29, 1.82) is 0 Å². The van der Waals surface area contributed by atoms with Crippen molar-refractivity contribution < 1.29 is 13.6 Å². The zero-order valence-corrected chi connectivity index (χ0v) is 11.0. The van der Waals surface area contributed by atoms with Crippen molar-refractivity contribution >= 4 is 5.78 Å². The van der Waals surface area contributed by atoms with E-state index in [4.69, 9.17) is 0 Å². The first kappa shape index (κ1) is 14.1. The Hall–Kier alpha value is -1.33. The molecule has 5 heteroatoms. The molecule has 0 unspecified atom stereocenters. The van der Waals surface area contributed by atoms with Gasteiger partial charge in [-0.25, -0.2) is 8.78 Å². The molecule has 1 aliphatic heterocycles. The van der Waals surface area contributed by atoms with Gasteiger partial charge in [0.15, 0.2) is 5.78 Å². The summed E-state index contributed by atoms with van der Waals surface area (Å²) in [6.07, 6.45) is 1.96. The van der Waals surface area contributed by atoms with Crippen molar-refractivity contribution in [3.8, 4) is 0 Å². The van der Waals surface area contributed by atoms with E-state index in [2.05, 4.69) is 5.32 Å². The fourth-order valence-corrected chi connectivity index (χ4v) is 2.40. The molecule has 0 radical (unpaired) electrons. The smallest absolute Gasteiger partial charge is 0.179 e. The van der Waals surface area contributed by atoms with Gasteiger partial charge in [-0.3, -0.25) is 9.69 Å². The lowest BCUT2D eigenvalue weighted by Crippen LogP contribution is -2.43. The minimum absolute atomic E-state index is 0.0396. The van der Waals surface area contributed by atoms with Gasteiger partial charge in [0, 0.05) is 12.1 Å². The number of carbonyl (C=O) groups is 1. The molecule has 3 nitrogen and oxygen atoms in total. The molecular weight excluding hydrogens is 250 g/mol. The zero-order valence-electron chi connectivity index (χ0n) is 11.0. The number of piperidine rings is 1. The average molecular weight is 268 g/mol. The first-order chi connectivity index (χ1) is 9.08. The highest BCUT2D eigenvalue weighted by Crippen LogP contribution is 2.14. The number of halogens is 2. The molecule has 0 aromatic heterocycles. The Bertz CT molecular complexity index is 459. The summed E-state index contributed by atoms with van der Waals surface area (Å²) in [6, 6.07) is 3.41. The molecule has 1 aromatic carbocycles. The standard InChI is InChI=1S/C14H18F2N2O/c1-18(11-4-6-17-7-5-11)9-14(19)12-3-2-10(15)8-13(12)16/h2-3,8,11,17H,4-7,9H2,1H3. The van der Waals surface area contributed by atoms with Gasteiger partial charge in [0.2, 0.25) is 0 Å². The summed E-state index contributed by atoms with van der Waals surface area (Å²) >= 11 is 0. The fourth-order valence-electron chi connectivity index (χ4n) is 2.40. The predicted octanol–water partition coefficient (Wildman–Crippen LogP) is 1.83. The highest BCUT2D eigenvalue weighted by atomic mass is 19.1. The van der Waals surface area contributed by atoms with Gasteiger partial charge in [-0.1, -0.05) is 0 Å². The third kappa shape index (κ3) is 3.58. The molecule has 1 N–H and O–H groups in total. The number of hydrogen-bond acceptors (Lipinski definition) is 3. The van der Waals surface area contributed by atoms with Crippen LogP contribution in [0.5, 0.6) is 0 Å². The van der Waals surface area contributed by atoms with Gasteiger partial charge in [-0.15, -0.1) is 0 Å². The van der Waals surface area contributed by atoms with Crippen LogP contribution >= 0.6 is 0 Å². The van der Waals surface area contributed by atoms with Crippen LogP contribution in [-0.4, -0.2) is 43.4 Å². The Balaban J connectivity index is 1.99. The molecule has 104 valence electrons. The predicted molar refractivity (Wildman–Crippen MR) is 69.2 cm³/mol. The van der Waals surface area contributed by atoms with Crippen LogP contribution in [0.2, 0.25) is 0 Å². The van der Waals surface area contributed by atoms with E-state index >= 15 is 0 Å². The molecule has 2 rings (SSSR count). The molecule has 0 spiro atoms. The molecule has 1 fully saturated rings. The number of hydrogen-bond donors (Lipinski definition) is 1. The Labute approximate surface area is 111 Å². The van der Waals surface area contributed by atoms with Crippen LogP contribution in [0.4, 0.5) is 8.78 Å². The summed E-state index contributed by atoms with van der Waals surface area (Å²) in [5, 5.41) is 3.26. The molecular formula is C14H18F2N2O. The van der Waals surface area contributed by atoms with E-state index in [1.54, 1.807) is 0 Å². The molecule has 1 heterocycles. The topological polar surface area (TPSA) is 32.3 Å². The van der Waals surface area contributed by atoms with Gasteiger partial charge in [0.25, 0.3) is 0 Å². The summed E-state index contributed by atoms with van der Waals surface area (Å²) in [5.74, 6) is -1.76. The molecule has 19 heavy (non-hydrogen) atoms. The number of rotatable bonds is 4. The van der Waals surface area contributed by atoms with E-state index in [-0.39, 0.29) is 17.9 Å². The summed E-state index contributed by atoms with van der Waals surface area (Å²) in [7, 11) is 1.87. The number of likely N-dealkylation sites (N-methyl/N-ethyl adjacent to an activating group) is 1. The summed E-state index contributed by atoms with van der Waals surface area (Å²) in [4.78, 5) is 14.0. The SMILES string of the molecule is CN(CC(=O)c1ccc(F)cc1F)C1CCNCC1. The van der Waals surface area contributed by atoms with E-state index in [9.17, 15) is 13.6 Å². The average Bonchev–Trinajstić information content (AvgIpc) is 2.39. The van der Waals surface area contributed by atoms with E-state index in [1.807, 2.05) is 11.9 Å². The molecule has 1 aromatic rings. The van der Waals surface area contributed by atoms with Crippen molar-refractivity contribution in [2.75, 3.05) is 26.7 Å². The van der Waals surface area contributed by atoms with E-state index in [0.29, 0.717) is 6.04 Å². The van der Waals surface area contributed by atoms with E-state index in [0.717, 1.165) is 38.1 Å². The molecule has 0 atom stereocenters. The Kier molecular flexibility index (Phi) is 4.61. The van der Waals surface area contributed by atoms with Gasteiger partial charge in [-0.2, -0.15) is 0 Å². The molecule has 0 amide bonds. The minimum atomic E-state index is -0.788. The first-order valence-electron chi connectivity index (χ1n) is 6.47. The Morgan fingerprint density at radius 3 is 2.68 bits per heavy atom. The number of carbonyl (C=O) groups excluding carboxylic acids is 1. The van der Waals surface area contributed by atoms with E-state index < -0.39 is 11.6 Å². The third-order valence-corrected chi connectivity index (χ3v) is 3.56. The lowest BCUT2D eigenvalue weighted by Gasteiger charge is -2.31. The highest BCUT2D eigenvalue weighted by molar-refractivity contribution is 5.97. The van der Waals surface area contributed by atoms with Crippen molar-refractivity contribution in [2.24, 2.45) is 0 Å². The monoisotopic (exact) mass is 268 g/mol. The maximum Gasteiger partial charge on any atom is 0.179 e. The number of nitrogens with zero attached hydrogens (tertiary/aromatic N) is 1. The van der Waals surface area contributed by atoms with Crippen LogP contribution in [0.25, 0.3) is 0 Å². The van der Waals surface area contributed by atoms with Crippen molar-refractivity contribution in [2.45, 2.75) is 18.9 Å². The second kappa shape index (κ2) is 6.21. The van der Waals surface area contributed by atoms with Crippen molar-refractivity contribution in [1.82, 2.24) is 10.2 Å². The van der Waals surface area contributed by atoms with Crippen molar-refractivity contribution in [3.05, 3.63) is 35.4 Å². The maximum absolute atomic E-state index is 13.5. The second-order valence-corrected chi connectivity index (χ2v) is 4.94. The number of nitrogens with one attached hydrogen (secondary N) is 1. The minimum Gasteiger partial charge on any atom is -0.317 e. The van der Waals surface area contributed by atoms with Gasteiger partial charge >= 0.3 is 0 Å². The number of benzene rings is 1. The van der Waals surface area contributed by atoms with Crippen LogP contribution in [0.15, 0.2) is 18.2 Å². The van der Waals surface area contributed by atoms with Crippen LogP contribution in [0, 0.1) is 11.6 Å². The van der Waals surface area contributed by atoms with Crippen molar-refractivity contribution in [3.63, 3.8) is 0 Å². The molecule has 0 bridgehead atoms.